The molecule has 2 aromatic rings. The number of carbonyl (C=O) groups excluding carboxylic acids is 1. The number of anilines is 2. The first-order valence-electron chi connectivity index (χ1n) is 11.5. The topological polar surface area (TPSA) is 163 Å². The Balaban J connectivity index is 1.58. The summed E-state index contributed by atoms with van der Waals surface area (Å²) in [5.41, 5.74) is -1.04. The summed E-state index contributed by atoms with van der Waals surface area (Å²) >= 11 is 0. The number of nitrogens with one attached hydrogen (secondary N) is 3. The molecule has 35 heavy (non-hydrogen) atoms. The van der Waals surface area contributed by atoms with Crippen molar-refractivity contribution >= 4 is 33.3 Å². The van der Waals surface area contributed by atoms with E-state index in [-0.39, 0.29) is 23.0 Å². The average molecular weight is 503 g/mol. The summed E-state index contributed by atoms with van der Waals surface area (Å²) in [6.45, 7) is 2.24. The predicted octanol–water partition coefficient (Wildman–Crippen LogP) is -0.262. The highest BCUT2D eigenvalue weighted by molar-refractivity contribution is 7.92. The highest BCUT2D eigenvalue weighted by Gasteiger charge is 2.36. The summed E-state index contributed by atoms with van der Waals surface area (Å²) in [7, 11) is -2.30. The minimum atomic E-state index is -4.49. The summed E-state index contributed by atoms with van der Waals surface area (Å²) in [6, 6.07) is 6.99. The van der Waals surface area contributed by atoms with Crippen molar-refractivity contribution in [1.29, 1.82) is 0 Å². The number of quaternary nitrogens is 1. The van der Waals surface area contributed by atoms with E-state index in [9.17, 15) is 28.2 Å². The van der Waals surface area contributed by atoms with Crippen LogP contribution in [0.5, 0.6) is 5.75 Å². The van der Waals surface area contributed by atoms with Gasteiger partial charge in [-0.3, -0.25) is 4.72 Å². The fraction of sp³-hybridized carbons (Fsp3) is 0.417. The zero-order valence-corrected chi connectivity index (χ0v) is 20.1. The second kappa shape index (κ2) is 9.74. The van der Waals surface area contributed by atoms with Gasteiger partial charge in [-0.25, -0.2) is 13.2 Å². The SMILES string of the molecule is C[NH+]1CCC2CC(Nc3cccc(S(=O)(=O)Nc4ccc(C(=O)O)cc4[O-])c3C(=O)[O-])CCC2C1. The highest BCUT2D eigenvalue weighted by atomic mass is 32.2. The van der Waals surface area contributed by atoms with Gasteiger partial charge in [0.1, 0.15) is 0 Å². The van der Waals surface area contributed by atoms with E-state index in [0.29, 0.717) is 11.8 Å². The first kappa shape index (κ1) is 24.8. The number of piperidine rings is 1. The Labute approximate surface area is 203 Å². The Hall–Kier alpha value is -3.31. The summed E-state index contributed by atoms with van der Waals surface area (Å²) < 4.78 is 28.2. The minimum Gasteiger partial charge on any atom is -0.871 e. The Kier molecular flexibility index (Phi) is 6.91. The van der Waals surface area contributed by atoms with Gasteiger partial charge in [-0.15, -0.1) is 0 Å². The van der Waals surface area contributed by atoms with Crippen molar-refractivity contribution in [2.24, 2.45) is 11.8 Å². The molecule has 188 valence electrons. The monoisotopic (exact) mass is 502 g/mol. The molecular formula is C24H28N3O7S-. The van der Waals surface area contributed by atoms with E-state index in [1.165, 1.54) is 17.0 Å². The highest BCUT2D eigenvalue weighted by Crippen LogP contribution is 2.36. The Morgan fingerprint density at radius 2 is 1.86 bits per heavy atom. The van der Waals surface area contributed by atoms with E-state index in [2.05, 4.69) is 17.1 Å². The van der Waals surface area contributed by atoms with Crippen molar-refractivity contribution in [3.8, 4) is 5.75 Å². The molecule has 1 saturated heterocycles. The number of aromatic carboxylic acids is 2. The number of likely N-dealkylation sites (tertiary alicyclic amines) is 1. The number of carbonyl (C=O) groups is 2. The van der Waals surface area contributed by atoms with Gasteiger partial charge in [-0.05, 0) is 55.9 Å². The number of benzene rings is 2. The van der Waals surface area contributed by atoms with Crippen LogP contribution in [0.3, 0.4) is 0 Å². The Bertz CT molecular complexity index is 1250. The molecule has 2 aliphatic rings. The minimum absolute atomic E-state index is 0.00970. The zero-order valence-electron chi connectivity index (χ0n) is 19.2. The maximum absolute atomic E-state index is 13.1. The van der Waals surface area contributed by atoms with Gasteiger partial charge in [0.15, 0.2) is 0 Å². The molecule has 0 spiro atoms. The predicted molar refractivity (Wildman–Crippen MR) is 124 cm³/mol. The molecule has 0 bridgehead atoms. The molecule has 4 unspecified atom stereocenters. The molecule has 4 N–H and O–H groups in total. The van der Waals surface area contributed by atoms with Crippen LogP contribution < -0.4 is 25.2 Å². The van der Waals surface area contributed by atoms with Crippen LogP contribution in [0.15, 0.2) is 41.3 Å². The van der Waals surface area contributed by atoms with Gasteiger partial charge in [0.2, 0.25) is 0 Å². The van der Waals surface area contributed by atoms with Crippen LogP contribution in [-0.4, -0.2) is 51.6 Å². The summed E-state index contributed by atoms with van der Waals surface area (Å²) in [4.78, 5) is 24.1. The van der Waals surface area contributed by atoms with Crippen molar-refractivity contribution < 1.29 is 38.2 Å². The number of rotatable bonds is 7. The lowest BCUT2D eigenvalue weighted by molar-refractivity contribution is -0.890. The van der Waals surface area contributed by atoms with Gasteiger partial charge in [-0.1, -0.05) is 17.9 Å². The maximum atomic E-state index is 13.1. The van der Waals surface area contributed by atoms with Gasteiger partial charge in [-0.2, -0.15) is 0 Å². The van der Waals surface area contributed by atoms with E-state index in [4.69, 9.17) is 5.11 Å². The largest absolute Gasteiger partial charge is 0.871 e. The molecule has 0 amide bonds. The third kappa shape index (κ3) is 5.35. The molecule has 2 fully saturated rings. The molecule has 2 aromatic carbocycles. The third-order valence-electron chi connectivity index (χ3n) is 7.04. The Morgan fingerprint density at radius 3 is 2.54 bits per heavy atom. The van der Waals surface area contributed by atoms with Crippen molar-refractivity contribution in [2.45, 2.75) is 36.6 Å². The van der Waals surface area contributed by atoms with Crippen LogP contribution in [0.4, 0.5) is 11.4 Å². The van der Waals surface area contributed by atoms with E-state index >= 15 is 0 Å². The van der Waals surface area contributed by atoms with E-state index in [1.54, 1.807) is 0 Å². The lowest BCUT2D eigenvalue weighted by Gasteiger charge is -2.41. The van der Waals surface area contributed by atoms with Gasteiger partial charge >= 0.3 is 5.97 Å². The molecule has 1 aliphatic carbocycles. The molecule has 0 aromatic heterocycles. The number of hydrogen-bond acceptors (Lipinski definition) is 7. The standard InChI is InChI=1S/C24H29N3O7S/c1-27-10-9-14-11-17(7-5-16(14)13-27)25-19-3-2-4-21(22(19)24(31)32)35(33,34)26-18-8-6-15(23(29)30)12-20(18)28/h2-4,6,8,12,14,16-17,25-26,28H,5,7,9-11,13H2,1H3,(H,29,30)(H,31,32)/p-1. The van der Waals surface area contributed by atoms with E-state index in [1.807, 2.05) is 0 Å². The molecule has 0 radical (unpaired) electrons. The van der Waals surface area contributed by atoms with Gasteiger partial charge in [0, 0.05) is 28.9 Å². The van der Waals surface area contributed by atoms with Crippen LogP contribution in [0.25, 0.3) is 0 Å². The van der Waals surface area contributed by atoms with E-state index < -0.39 is 38.2 Å². The number of sulfonamides is 1. The summed E-state index contributed by atoms with van der Waals surface area (Å²) in [5, 5.41) is 36.5. The fourth-order valence-electron chi connectivity index (χ4n) is 5.31. The normalized spacial score (nSPS) is 24.3. The van der Waals surface area contributed by atoms with Crippen LogP contribution in [0.2, 0.25) is 0 Å². The quantitative estimate of drug-likeness (QED) is 0.402. The average Bonchev–Trinajstić information content (AvgIpc) is 2.80. The summed E-state index contributed by atoms with van der Waals surface area (Å²) in [5.74, 6) is -2.64. The molecule has 1 aliphatic heterocycles. The lowest BCUT2D eigenvalue weighted by atomic mass is 9.73. The van der Waals surface area contributed by atoms with Crippen molar-refractivity contribution in [1.82, 2.24) is 0 Å². The second-order valence-corrected chi connectivity index (χ2v) is 11.1. The first-order chi connectivity index (χ1) is 16.5. The maximum Gasteiger partial charge on any atom is 0.335 e. The molecule has 11 heteroatoms. The van der Waals surface area contributed by atoms with E-state index in [0.717, 1.165) is 63.0 Å². The van der Waals surface area contributed by atoms with Crippen molar-refractivity contribution in [2.75, 3.05) is 30.2 Å². The lowest BCUT2D eigenvalue weighted by Crippen LogP contribution is -3.11. The molecule has 10 nitrogen and oxygen atoms in total. The van der Waals surface area contributed by atoms with Crippen molar-refractivity contribution in [3.05, 3.63) is 47.5 Å². The number of carboxylic acids is 2. The number of carboxylic acid groups (broad SMARTS) is 2. The zero-order chi connectivity index (χ0) is 25.3. The third-order valence-corrected chi connectivity index (χ3v) is 8.45. The molecule has 1 heterocycles. The number of fused-ring (bicyclic) bond motifs is 1. The van der Waals surface area contributed by atoms with Gasteiger partial charge in [0.25, 0.3) is 10.0 Å². The molecular weight excluding hydrogens is 474 g/mol. The van der Waals surface area contributed by atoms with Gasteiger partial charge < -0.3 is 30.3 Å². The smallest absolute Gasteiger partial charge is 0.335 e. The number of hydrogen-bond donors (Lipinski definition) is 4. The molecule has 4 rings (SSSR count). The molecule has 1 saturated carbocycles. The van der Waals surface area contributed by atoms with Crippen molar-refractivity contribution in [3.63, 3.8) is 0 Å². The fourth-order valence-corrected chi connectivity index (χ4v) is 6.59. The van der Waals surface area contributed by atoms with Gasteiger partial charge in [0.05, 0.1) is 36.6 Å². The van der Waals surface area contributed by atoms with Crippen LogP contribution in [0.1, 0.15) is 46.4 Å². The van der Waals surface area contributed by atoms with Crippen LogP contribution >= 0.6 is 0 Å². The van der Waals surface area contributed by atoms with Crippen LogP contribution in [0, 0.1) is 11.8 Å². The molecule has 4 atom stereocenters. The second-order valence-electron chi connectivity index (χ2n) is 9.46. The first-order valence-corrected chi connectivity index (χ1v) is 13.0. The Morgan fingerprint density at radius 1 is 1.09 bits per heavy atom. The summed E-state index contributed by atoms with van der Waals surface area (Å²) in [6.07, 6.45) is 3.87. The van der Waals surface area contributed by atoms with Crippen LogP contribution in [-0.2, 0) is 10.0 Å².